The van der Waals surface area contributed by atoms with Gasteiger partial charge < -0.3 is 9.64 Å². The highest BCUT2D eigenvalue weighted by molar-refractivity contribution is 5.81. The molecule has 0 aromatic heterocycles. The minimum atomic E-state index is -0.323. The van der Waals surface area contributed by atoms with E-state index in [-0.39, 0.29) is 5.97 Å². The summed E-state index contributed by atoms with van der Waals surface area (Å²) in [5.74, 6) is 1.07. The number of carbonyl (C=O) groups excluding carboxylic acids is 1. The first-order chi connectivity index (χ1) is 8.45. The van der Waals surface area contributed by atoms with Crippen LogP contribution in [0.5, 0.6) is 0 Å². The lowest BCUT2D eigenvalue weighted by molar-refractivity contribution is -0.137. The van der Waals surface area contributed by atoms with Gasteiger partial charge in [0.05, 0.1) is 6.61 Å². The van der Waals surface area contributed by atoms with Crippen molar-refractivity contribution in [2.45, 2.75) is 40.5 Å². The highest BCUT2D eigenvalue weighted by Crippen LogP contribution is 2.05. The highest BCUT2D eigenvalue weighted by Gasteiger charge is 2.09. The van der Waals surface area contributed by atoms with E-state index in [1.807, 2.05) is 0 Å². The van der Waals surface area contributed by atoms with Crippen LogP contribution in [0, 0.1) is 11.8 Å². The zero-order chi connectivity index (χ0) is 14.0. The van der Waals surface area contributed by atoms with Crippen molar-refractivity contribution in [2.75, 3.05) is 26.2 Å². The van der Waals surface area contributed by atoms with Gasteiger partial charge in [0.25, 0.3) is 0 Å². The third kappa shape index (κ3) is 10.3. The number of esters is 1. The Bertz CT molecular complexity index is 227. The van der Waals surface area contributed by atoms with Crippen molar-refractivity contribution in [1.29, 1.82) is 0 Å². The molecule has 0 fully saturated rings. The van der Waals surface area contributed by atoms with Crippen molar-refractivity contribution in [3.63, 3.8) is 0 Å². The minimum Gasteiger partial charge on any atom is -0.463 e. The van der Waals surface area contributed by atoms with Crippen molar-refractivity contribution in [2.24, 2.45) is 11.8 Å². The molecule has 106 valence electrons. The maximum absolute atomic E-state index is 10.8. The van der Waals surface area contributed by atoms with Gasteiger partial charge in [0, 0.05) is 19.2 Å². The molecule has 3 nitrogen and oxygen atoms in total. The lowest BCUT2D eigenvalue weighted by Crippen LogP contribution is -2.32. The van der Waals surface area contributed by atoms with E-state index >= 15 is 0 Å². The van der Waals surface area contributed by atoms with Crippen molar-refractivity contribution in [3.8, 4) is 0 Å². The Hall–Kier alpha value is -0.830. The van der Waals surface area contributed by atoms with E-state index in [0.717, 1.165) is 32.5 Å². The minimum absolute atomic E-state index is 0.323. The Kier molecular flexibility index (Phi) is 9.66. The van der Waals surface area contributed by atoms with Gasteiger partial charge in [-0.1, -0.05) is 34.3 Å². The van der Waals surface area contributed by atoms with Crippen LogP contribution >= 0.6 is 0 Å². The summed E-state index contributed by atoms with van der Waals surface area (Å²) in [5, 5.41) is 0. The number of ether oxygens (including phenoxy) is 1. The van der Waals surface area contributed by atoms with Crippen LogP contribution < -0.4 is 0 Å². The van der Waals surface area contributed by atoms with Crippen molar-refractivity contribution < 1.29 is 9.53 Å². The topological polar surface area (TPSA) is 29.5 Å². The molecule has 0 saturated carbocycles. The zero-order valence-electron chi connectivity index (χ0n) is 12.4. The molecule has 0 radical (unpaired) electrons. The molecule has 0 saturated heterocycles. The van der Waals surface area contributed by atoms with Gasteiger partial charge in [-0.25, -0.2) is 4.79 Å². The van der Waals surface area contributed by atoms with Crippen LogP contribution in [0.1, 0.15) is 40.5 Å². The Balaban J connectivity index is 3.74. The lowest BCUT2D eigenvalue weighted by atomic mass is 10.1. The van der Waals surface area contributed by atoms with Crippen molar-refractivity contribution in [1.82, 2.24) is 4.90 Å². The lowest BCUT2D eigenvalue weighted by Gasteiger charge is -2.26. The third-order valence-corrected chi connectivity index (χ3v) is 2.53. The molecular weight excluding hydrogens is 226 g/mol. The largest absolute Gasteiger partial charge is 0.463 e. The number of nitrogens with zero attached hydrogens (tertiary/aromatic N) is 1. The third-order valence-electron chi connectivity index (χ3n) is 2.53. The summed E-state index contributed by atoms with van der Waals surface area (Å²) < 4.78 is 4.96. The number of hydrogen-bond acceptors (Lipinski definition) is 3. The van der Waals surface area contributed by atoms with E-state index in [1.54, 1.807) is 0 Å². The van der Waals surface area contributed by atoms with Gasteiger partial charge >= 0.3 is 5.97 Å². The summed E-state index contributed by atoms with van der Waals surface area (Å²) >= 11 is 0. The van der Waals surface area contributed by atoms with E-state index < -0.39 is 0 Å². The Morgan fingerprint density at radius 3 is 2.17 bits per heavy atom. The molecule has 18 heavy (non-hydrogen) atoms. The van der Waals surface area contributed by atoms with Crippen LogP contribution in [-0.4, -0.2) is 37.1 Å². The van der Waals surface area contributed by atoms with Crippen LogP contribution in [-0.2, 0) is 9.53 Å². The standard InChI is InChI=1S/C15H29NO2/c1-6-15(17)18-10-8-7-9-16(11-13(2)3)12-14(4)5/h6,13-14H,1,7-12H2,2-5H3. The summed E-state index contributed by atoms with van der Waals surface area (Å²) in [6.45, 7) is 16.2. The van der Waals surface area contributed by atoms with E-state index in [4.69, 9.17) is 4.74 Å². The normalized spacial score (nSPS) is 11.3. The number of carbonyl (C=O) groups is 1. The molecular formula is C15H29NO2. The fourth-order valence-electron chi connectivity index (χ4n) is 1.96. The second-order valence-electron chi connectivity index (χ2n) is 5.63. The predicted molar refractivity (Wildman–Crippen MR) is 76.5 cm³/mol. The van der Waals surface area contributed by atoms with Crippen LogP contribution in [0.4, 0.5) is 0 Å². The molecule has 0 amide bonds. The second kappa shape index (κ2) is 10.1. The van der Waals surface area contributed by atoms with Gasteiger partial charge in [0.15, 0.2) is 0 Å². The summed E-state index contributed by atoms with van der Waals surface area (Å²) in [7, 11) is 0. The SMILES string of the molecule is C=CC(=O)OCCCCN(CC(C)C)CC(C)C. The molecule has 0 aromatic carbocycles. The highest BCUT2D eigenvalue weighted by atomic mass is 16.5. The Labute approximate surface area is 112 Å². The fraction of sp³-hybridized carbons (Fsp3) is 0.800. The number of unbranched alkanes of at least 4 members (excludes halogenated alkanes) is 1. The molecule has 0 atom stereocenters. The van der Waals surface area contributed by atoms with E-state index in [9.17, 15) is 4.79 Å². The first-order valence-corrected chi connectivity index (χ1v) is 6.97. The van der Waals surface area contributed by atoms with Gasteiger partial charge in [0.2, 0.25) is 0 Å². The molecule has 3 heteroatoms. The number of rotatable bonds is 10. The van der Waals surface area contributed by atoms with Gasteiger partial charge in [-0.2, -0.15) is 0 Å². The fourth-order valence-corrected chi connectivity index (χ4v) is 1.96. The summed E-state index contributed by atoms with van der Waals surface area (Å²) in [4.78, 5) is 13.4. The van der Waals surface area contributed by atoms with Crippen LogP contribution in [0.2, 0.25) is 0 Å². The maximum Gasteiger partial charge on any atom is 0.330 e. The van der Waals surface area contributed by atoms with Gasteiger partial charge in [-0.05, 0) is 31.2 Å². The molecule has 0 unspecified atom stereocenters. The van der Waals surface area contributed by atoms with Crippen LogP contribution in [0.3, 0.4) is 0 Å². The molecule has 0 aliphatic heterocycles. The smallest absolute Gasteiger partial charge is 0.330 e. The monoisotopic (exact) mass is 255 g/mol. The summed E-state index contributed by atoms with van der Waals surface area (Å²) in [6, 6.07) is 0. The average molecular weight is 255 g/mol. The van der Waals surface area contributed by atoms with E-state index in [0.29, 0.717) is 18.4 Å². The molecule has 0 aliphatic carbocycles. The average Bonchev–Trinajstić information content (AvgIpc) is 2.26. The quantitative estimate of drug-likeness (QED) is 0.341. The molecule has 0 rings (SSSR count). The molecule has 0 N–H and O–H groups in total. The van der Waals surface area contributed by atoms with Gasteiger partial charge in [0.1, 0.15) is 0 Å². The maximum atomic E-state index is 10.8. The van der Waals surface area contributed by atoms with E-state index in [2.05, 4.69) is 39.2 Å². The molecule has 0 bridgehead atoms. The van der Waals surface area contributed by atoms with E-state index in [1.165, 1.54) is 6.08 Å². The second-order valence-corrected chi connectivity index (χ2v) is 5.63. The molecule has 0 heterocycles. The predicted octanol–water partition coefficient (Wildman–Crippen LogP) is 3.11. The number of hydrogen-bond donors (Lipinski definition) is 0. The zero-order valence-corrected chi connectivity index (χ0v) is 12.4. The molecule has 0 aromatic rings. The Morgan fingerprint density at radius 1 is 1.17 bits per heavy atom. The molecule has 0 spiro atoms. The van der Waals surface area contributed by atoms with Crippen molar-refractivity contribution >= 4 is 5.97 Å². The Morgan fingerprint density at radius 2 is 1.72 bits per heavy atom. The van der Waals surface area contributed by atoms with Crippen LogP contribution in [0.25, 0.3) is 0 Å². The summed E-state index contributed by atoms with van der Waals surface area (Å²) in [6.07, 6.45) is 3.21. The molecule has 0 aliphatic rings. The van der Waals surface area contributed by atoms with Crippen molar-refractivity contribution in [3.05, 3.63) is 12.7 Å². The first-order valence-electron chi connectivity index (χ1n) is 6.97. The first kappa shape index (κ1) is 17.2. The van der Waals surface area contributed by atoms with Gasteiger partial charge in [-0.15, -0.1) is 0 Å². The van der Waals surface area contributed by atoms with Crippen LogP contribution in [0.15, 0.2) is 12.7 Å². The van der Waals surface area contributed by atoms with Gasteiger partial charge in [-0.3, -0.25) is 0 Å². The summed E-state index contributed by atoms with van der Waals surface area (Å²) in [5.41, 5.74) is 0.